The first kappa shape index (κ1) is 13.0. The topological polar surface area (TPSA) is 75.1 Å². The van der Waals surface area contributed by atoms with Crippen LogP contribution in [0, 0.1) is 6.92 Å². The minimum absolute atomic E-state index is 0.234. The molecule has 0 aliphatic rings. The summed E-state index contributed by atoms with van der Waals surface area (Å²) in [5, 5.41) is 12.1. The maximum Gasteiger partial charge on any atom is 0.337 e. The van der Waals surface area contributed by atoms with Gasteiger partial charge in [-0.3, -0.25) is 4.98 Å². The zero-order chi connectivity index (χ0) is 13.7. The molecule has 0 saturated carbocycles. The largest absolute Gasteiger partial charge is 0.478 e. The van der Waals surface area contributed by atoms with E-state index in [-0.39, 0.29) is 5.56 Å². The number of pyridine rings is 2. The van der Waals surface area contributed by atoms with Crippen LogP contribution in [0.5, 0.6) is 0 Å². The molecule has 0 amide bonds. The summed E-state index contributed by atoms with van der Waals surface area (Å²) in [5.41, 5.74) is 1.89. The number of nitrogens with zero attached hydrogens (tertiary/aromatic N) is 2. The van der Waals surface area contributed by atoms with E-state index in [9.17, 15) is 4.79 Å². The van der Waals surface area contributed by atoms with Gasteiger partial charge in [0, 0.05) is 18.9 Å². The molecule has 98 valence electrons. The van der Waals surface area contributed by atoms with Gasteiger partial charge in [-0.15, -0.1) is 0 Å². The van der Waals surface area contributed by atoms with Crippen molar-refractivity contribution in [3.63, 3.8) is 0 Å². The van der Waals surface area contributed by atoms with Gasteiger partial charge in [-0.25, -0.2) is 9.78 Å². The minimum atomic E-state index is -0.952. The Labute approximate surface area is 111 Å². The zero-order valence-corrected chi connectivity index (χ0v) is 10.6. The fourth-order valence-electron chi connectivity index (χ4n) is 1.77. The number of aryl methyl sites for hydroxylation is 1. The molecule has 0 unspecified atom stereocenters. The highest BCUT2D eigenvalue weighted by Gasteiger charge is 2.08. The molecule has 0 saturated heterocycles. The van der Waals surface area contributed by atoms with Crippen LogP contribution in [0.15, 0.2) is 36.7 Å². The van der Waals surface area contributed by atoms with Crippen molar-refractivity contribution in [3.8, 4) is 0 Å². The first-order valence-corrected chi connectivity index (χ1v) is 6.00. The molecule has 2 N–H and O–H groups in total. The number of rotatable bonds is 5. The Hall–Kier alpha value is -2.43. The van der Waals surface area contributed by atoms with Gasteiger partial charge in [-0.05, 0) is 37.1 Å². The van der Waals surface area contributed by atoms with Crippen molar-refractivity contribution in [2.75, 3.05) is 11.9 Å². The van der Waals surface area contributed by atoms with Crippen LogP contribution in [0.3, 0.4) is 0 Å². The van der Waals surface area contributed by atoms with Gasteiger partial charge in [-0.1, -0.05) is 6.07 Å². The molecule has 0 radical (unpaired) electrons. The summed E-state index contributed by atoms with van der Waals surface area (Å²) >= 11 is 0. The second-order valence-corrected chi connectivity index (χ2v) is 4.17. The number of carboxylic acid groups (broad SMARTS) is 1. The van der Waals surface area contributed by atoms with Crippen molar-refractivity contribution >= 4 is 11.8 Å². The molecule has 0 aliphatic carbocycles. The van der Waals surface area contributed by atoms with Gasteiger partial charge in [0.15, 0.2) is 0 Å². The van der Waals surface area contributed by atoms with E-state index in [0.717, 1.165) is 18.5 Å². The van der Waals surface area contributed by atoms with Crippen LogP contribution in [0.1, 0.15) is 21.6 Å². The standard InChI is InChI=1S/C14H15N3O2/c1-10-12(14(18)19)4-5-13(17-10)16-8-6-11-3-2-7-15-9-11/h2-5,7,9H,6,8H2,1H3,(H,16,17)(H,18,19). The van der Waals surface area contributed by atoms with Gasteiger partial charge >= 0.3 is 5.97 Å². The van der Waals surface area contributed by atoms with E-state index in [1.165, 1.54) is 0 Å². The molecule has 2 rings (SSSR count). The van der Waals surface area contributed by atoms with Gasteiger partial charge in [0.1, 0.15) is 5.82 Å². The smallest absolute Gasteiger partial charge is 0.337 e. The summed E-state index contributed by atoms with van der Waals surface area (Å²) in [6, 6.07) is 7.16. The van der Waals surface area contributed by atoms with E-state index >= 15 is 0 Å². The van der Waals surface area contributed by atoms with Crippen molar-refractivity contribution in [1.29, 1.82) is 0 Å². The van der Waals surface area contributed by atoms with Crippen molar-refractivity contribution in [1.82, 2.24) is 9.97 Å². The molecule has 2 heterocycles. The molecule has 0 spiro atoms. The highest BCUT2D eigenvalue weighted by atomic mass is 16.4. The molecule has 0 atom stereocenters. The fraction of sp³-hybridized carbons (Fsp3) is 0.214. The summed E-state index contributed by atoms with van der Waals surface area (Å²) in [6.07, 6.45) is 4.41. The molecule has 0 aromatic carbocycles. The first-order chi connectivity index (χ1) is 9.16. The number of nitrogens with one attached hydrogen (secondary N) is 1. The Morgan fingerprint density at radius 2 is 2.21 bits per heavy atom. The minimum Gasteiger partial charge on any atom is -0.478 e. The molecule has 5 heteroatoms. The van der Waals surface area contributed by atoms with Crippen LogP contribution in [0.2, 0.25) is 0 Å². The molecule has 2 aromatic rings. The fourth-order valence-corrected chi connectivity index (χ4v) is 1.77. The summed E-state index contributed by atoms with van der Waals surface area (Å²) in [6.45, 7) is 2.42. The summed E-state index contributed by atoms with van der Waals surface area (Å²) in [7, 11) is 0. The average Bonchev–Trinajstić information content (AvgIpc) is 2.39. The number of carbonyl (C=O) groups is 1. The van der Waals surface area contributed by atoms with Gasteiger partial charge < -0.3 is 10.4 Å². The zero-order valence-electron chi connectivity index (χ0n) is 10.6. The van der Waals surface area contributed by atoms with Crippen molar-refractivity contribution < 1.29 is 9.90 Å². The van der Waals surface area contributed by atoms with Crippen molar-refractivity contribution in [2.24, 2.45) is 0 Å². The molecule has 19 heavy (non-hydrogen) atoms. The lowest BCUT2D eigenvalue weighted by Gasteiger charge is -2.07. The number of aromatic carboxylic acids is 1. The van der Waals surface area contributed by atoms with Crippen LogP contribution in [-0.2, 0) is 6.42 Å². The predicted octanol–water partition coefficient (Wildman–Crippen LogP) is 2.14. The first-order valence-electron chi connectivity index (χ1n) is 6.00. The third-order valence-electron chi connectivity index (χ3n) is 2.76. The van der Waals surface area contributed by atoms with E-state index in [4.69, 9.17) is 5.11 Å². The SMILES string of the molecule is Cc1nc(NCCc2cccnc2)ccc1C(=O)O. The third kappa shape index (κ3) is 3.51. The van der Waals surface area contributed by atoms with Gasteiger partial charge in [-0.2, -0.15) is 0 Å². The van der Waals surface area contributed by atoms with Gasteiger partial charge in [0.2, 0.25) is 0 Å². The normalized spacial score (nSPS) is 10.2. The van der Waals surface area contributed by atoms with Crippen LogP contribution in [-0.4, -0.2) is 27.6 Å². The Morgan fingerprint density at radius 1 is 1.37 bits per heavy atom. The van der Waals surface area contributed by atoms with E-state index in [2.05, 4.69) is 15.3 Å². The summed E-state index contributed by atoms with van der Waals surface area (Å²) < 4.78 is 0. The third-order valence-corrected chi connectivity index (χ3v) is 2.76. The molecule has 0 aliphatic heterocycles. The highest BCUT2D eigenvalue weighted by Crippen LogP contribution is 2.10. The lowest BCUT2D eigenvalue weighted by molar-refractivity contribution is 0.0695. The quantitative estimate of drug-likeness (QED) is 0.858. The maximum absolute atomic E-state index is 10.9. The van der Waals surface area contributed by atoms with E-state index in [1.807, 2.05) is 18.3 Å². The number of hydrogen-bond donors (Lipinski definition) is 2. The maximum atomic E-state index is 10.9. The van der Waals surface area contributed by atoms with Crippen LogP contribution in [0.25, 0.3) is 0 Å². The lowest BCUT2D eigenvalue weighted by atomic mass is 10.2. The van der Waals surface area contributed by atoms with E-state index in [1.54, 1.807) is 25.3 Å². The average molecular weight is 257 g/mol. The van der Waals surface area contributed by atoms with Crippen LogP contribution in [0.4, 0.5) is 5.82 Å². The number of anilines is 1. The number of carboxylic acids is 1. The van der Waals surface area contributed by atoms with E-state index < -0.39 is 5.97 Å². The Kier molecular flexibility index (Phi) is 4.07. The Morgan fingerprint density at radius 3 is 2.84 bits per heavy atom. The Balaban J connectivity index is 1.93. The second kappa shape index (κ2) is 5.95. The molecule has 2 aromatic heterocycles. The van der Waals surface area contributed by atoms with Crippen molar-refractivity contribution in [2.45, 2.75) is 13.3 Å². The van der Waals surface area contributed by atoms with Crippen molar-refractivity contribution in [3.05, 3.63) is 53.5 Å². The Bertz CT molecular complexity index is 570. The van der Waals surface area contributed by atoms with Crippen LogP contribution >= 0.6 is 0 Å². The molecule has 0 bridgehead atoms. The number of hydrogen-bond acceptors (Lipinski definition) is 4. The summed E-state index contributed by atoms with van der Waals surface area (Å²) in [4.78, 5) is 19.1. The molecule has 5 nitrogen and oxygen atoms in total. The predicted molar refractivity (Wildman–Crippen MR) is 72.4 cm³/mol. The highest BCUT2D eigenvalue weighted by molar-refractivity contribution is 5.89. The molecular weight excluding hydrogens is 242 g/mol. The van der Waals surface area contributed by atoms with Gasteiger partial charge in [0.25, 0.3) is 0 Å². The monoisotopic (exact) mass is 257 g/mol. The molecule has 0 fully saturated rings. The summed E-state index contributed by atoms with van der Waals surface area (Å²) in [5.74, 6) is -0.265. The van der Waals surface area contributed by atoms with Crippen LogP contribution < -0.4 is 5.32 Å². The lowest BCUT2D eigenvalue weighted by Crippen LogP contribution is -2.09. The van der Waals surface area contributed by atoms with Gasteiger partial charge in [0.05, 0.1) is 11.3 Å². The molecular formula is C14H15N3O2. The number of aromatic nitrogens is 2. The second-order valence-electron chi connectivity index (χ2n) is 4.17. The van der Waals surface area contributed by atoms with E-state index in [0.29, 0.717) is 11.5 Å².